The Morgan fingerprint density at radius 1 is 0.870 bits per heavy atom. The molecule has 2 aromatic rings. The van der Waals surface area contributed by atoms with Gasteiger partial charge >= 0.3 is 0 Å². The predicted molar refractivity (Wildman–Crippen MR) is 102 cm³/mol. The molecule has 0 amide bonds. The molecule has 3 rings (SSSR count). The Kier molecular flexibility index (Phi) is 3.94. The van der Waals surface area contributed by atoms with E-state index in [4.69, 9.17) is 0 Å². The van der Waals surface area contributed by atoms with Crippen LogP contribution in [-0.4, -0.2) is 25.3 Å². The molecular formula is C20H26N2Si. The predicted octanol–water partition coefficient (Wildman–Crippen LogP) is 4.17. The number of hydrazine groups is 1. The fraction of sp³-hybridized carbons (Fsp3) is 0.300. The van der Waals surface area contributed by atoms with Crippen LogP contribution in [0.25, 0.3) is 0 Å². The molecule has 1 aliphatic heterocycles. The molecule has 3 heteroatoms. The molecule has 0 spiro atoms. The fourth-order valence-electron chi connectivity index (χ4n) is 3.68. The molecule has 23 heavy (non-hydrogen) atoms. The van der Waals surface area contributed by atoms with Gasteiger partial charge in [0, 0.05) is 12.7 Å². The molecule has 0 aromatic heterocycles. The number of hydrogen-bond acceptors (Lipinski definition) is 2. The highest BCUT2D eigenvalue weighted by molar-refractivity contribution is 6.92. The van der Waals surface area contributed by atoms with Crippen molar-refractivity contribution in [2.75, 3.05) is 12.1 Å². The first kappa shape index (κ1) is 16.0. The van der Waals surface area contributed by atoms with E-state index in [0.717, 1.165) is 0 Å². The Labute approximate surface area is 141 Å². The molecular weight excluding hydrogens is 296 g/mol. The van der Waals surface area contributed by atoms with Gasteiger partial charge in [0.1, 0.15) is 8.07 Å². The van der Waals surface area contributed by atoms with Crippen LogP contribution in [0.15, 0.2) is 72.4 Å². The largest absolute Gasteiger partial charge is 0.279 e. The summed E-state index contributed by atoms with van der Waals surface area (Å²) in [4.78, 5) is 0. The number of benzene rings is 2. The molecule has 2 nitrogen and oxygen atoms in total. The maximum atomic E-state index is 2.47. The lowest BCUT2D eigenvalue weighted by atomic mass is 10.3. The van der Waals surface area contributed by atoms with E-state index >= 15 is 0 Å². The second-order valence-corrected chi connectivity index (χ2v) is 11.9. The van der Waals surface area contributed by atoms with Crippen molar-refractivity contribution in [1.29, 1.82) is 0 Å². The smallest absolute Gasteiger partial charge is 0.109 e. The Hall–Kier alpha value is -1.84. The standard InChI is InChI=1S/C20H26N2Si/c1-17-16-20(2,23(4,5)19-14-10-7-11-15-19)21(3)22(17)18-12-8-6-9-13-18/h6-16H,1-5H3. The van der Waals surface area contributed by atoms with Gasteiger partial charge in [0.05, 0.1) is 10.8 Å². The van der Waals surface area contributed by atoms with Gasteiger partial charge < -0.3 is 0 Å². The van der Waals surface area contributed by atoms with Crippen molar-refractivity contribution < 1.29 is 0 Å². The first-order chi connectivity index (χ1) is 10.9. The quantitative estimate of drug-likeness (QED) is 0.783. The van der Waals surface area contributed by atoms with Gasteiger partial charge in [-0.1, -0.05) is 66.8 Å². The first-order valence-electron chi connectivity index (χ1n) is 8.22. The zero-order valence-electron chi connectivity index (χ0n) is 14.7. The summed E-state index contributed by atoms with van der Waals surface area (Å²) in [5.74, 6) is 0. The molecule has 1 heterocycles. The molecule has 1 atom stereocenters. The van der Waals surface area contributed by atoms with Gasteiger partial charge in [0.15, 0.2) is 0 Å². The van der Waals surface area contributed by atoms with Crippen LogP contribution in [0.2, 0.25) is 13.1 Å². The van der Waals surface area contributed by atoms with Crippen molar-refractivity contribution in [2.45, 2.75) is 32.1 Å². The average molecular weight is 323 g/mol. The number of nitrogens with zero attached hydrogens (tertiary/aromatic N) is 2. The minimum atomic E-state index is -1.74. The van der Waals surface area contributed by atoms with Crippen molar-refractivity contribution >= 4 is 18.9 Å². The van der Waals surface area contributed by atoms with Crippen molar-refractivity contribution in [2.24, 2.45) is 0 Å². The Morgan fingerprint density at radius 3 is 1.96 bits per heavy atom. The second-order valence-electron chi connectivity index (χ2n) is 7.10. The monoisotopic (exact) mass is 322 g/mol. The van der Waals surface area contributed by atoms with Crippen molar-refractivity contribution in [1.82, 2.24) is 5.01 Å². The molecule has 0 aliphatic carbocycles. The fourth-order valence-corrected chi connectivity index (χ4v) is 6.77. The third kappa shape index (κ3) is 2.44. The zero-order valence-corrected chi connectivity index (χ0v) is 15.7. The minimum Gasteiger partial charge on any atom is -0.279 e. The van der Waals surface area contributed by atoms with E-state index in [9.17, 15) is 0 Å². The van der Waals surface area contributed by atoms with Crippen molar-refractivity contribution in [3.63, 3.8) is 0 Å². The van der Waals surface area contributed by atoms with E-state index in [-0.39, 0.29) is 5.16 Å². The highest BCUT2D eigenvalue weighted by atomic mass is 28.3. The summed E-state index contributed by atoms with van der Waals surface area (Å²) < 4.78 is 0. The lowest BCUT2D eigenvalue weighted by Crippen LogP contribution is -2.67. The van der Waals surface area contributed by atoms with Crippen molar-refractivity contribution in [3.05, 3.63) is 72.4 Å². The first-order valence-corrected chi connectivity index (χ1v) is 11.2. The number of hydrogen-bond donors (Lipinski definition) is 0. The second kappa shape index (κ2) is 5.66. The highest BCUT2D eigenvalue weighted by Crippen LogP contribution is 2.39. The molecule has 2 aromatic carbocycles. The molecule has 0 saturated heterocycles. The minimum absolute atomic E-state index is 0.0360. The van der Waals surface area contributed by atoms with E-state index < -0.39 is 8.07 Å². The van der Waals surface area contributed by atoms with Crippen LogP contribution in [0.5, 0.6) is 0 Å². The molecule has 120 valence electrons. The maximum absolute atomic E-state index is 2.47. The van der Waals surface area contributed by atoms with E-state index in [1.54, 1.807) is 0 Å². The number of rotatable bonds is 3. The number of allylic oxidation sites excluding steroid dienone is 1. The normalized spacial score (nSPS) is 22.3. The van der Waals surface area contributed by atoms with E-state index in [2.05, 4.69) is 111 Å². The van der Waals surface area contributed by atoms with Crippen molar-refractivity contribution in [3.8, 4) is 0 Å². The summed E-state index contributed by atoms with van der Waals surface area (Å²) in [6.45, 7) is 9.54. The Morgan fingerprint density at radius 2 is 1.39 bits per heavy atom. The van der Waals surface area contributed by atoms with E-state index in [1.165, 1.54) is 16.6 Å². The van der Waals surface area contributed by atoms with Crippen LogP contribution in [-0.2, 0) is 0 Å². The summed E-state index contributed by atoms with van der Waals surface area (Å²) in [7, 11) is 0.478. The van der Waals surface area contributed by atoms with E-state index in [0.29, 0.717) is 0 Å². The summed E-state index contributed by atoms with van der Waals surface area (Å²) in [6.07, 6.45) is 2.46. The average Bonchev–Trinajstić information content (AvgIpc) is 2.80. The molecule has 0 N–H and O–H groups in total. The van der Waals surface area contributed by atoms with Gasteiger partial charge in [-0.05, 0) is 32.1 Å². The lowest BCUT2D eigenvalue weighted by molar-refractivity contribution is 0.272. The van der Waals surface area contributed by atoms with Gasteiger partial charge in [-0.25, -0.2) is 5.01 Å². The molecule has 1 aliphatic rings. The van der Waals surface area contributed by atoms with Crippen LogP contribution in [0.1, 0.15) is 13.8 Å². The van der Waals surface area contributed by atoms with E-state index in [1.807, 2.05) is 0 Å². The third-order valence-corrected chi connectivity index (χ3v) is 10.3. The Bertz CT molecular complexity index is 709. The SMILES string of the molecule is CC1=CC(C)([Si](C)(C)c2ccccc2)N(C)N1c1ccccc1. The van der Waals surface area contributed by atoms with Crippen LogP contribution in [0.3, 0.4) is 0 Å². The zero-order chi connectivity index (χ0) is 16.7. The van der Waals surface area contributed by atoms with Crippen LogP contribution in [0, 0.1) is 0 Å². The summed E-state index contributed by atoms with van der Waals surface area (Å²) in [6, 6.07) is 21.6. The highest BCUT2D eigenvalue weighted by Gasteiger charge is 2.51. The van der Waals surface area contributed by atoms with Crippen LogP contribution < -0.4 is 10.2 Å². The summed E-state index contributed by atoms with van der Waals surface area (Å²) >= 11 is 0. The molecule has 0 bridgehead atoms. The molecule has 0 fully saturated rings. The number of anilines is 1. The van der Waals surface area contributed by atoms with Gasteiger partial charge in [0.2, 0.25) is 0 Å². The Balaban J connectivity index is 2.04. The van der Waals surface area contributed by atoms with Gasteiger partial charge in [-0.3, -0.25) is 5.01 Å². The number of likely N-dealkylation sites (N-methyl/N-ethyl adjacent to an activating group) is 1. The lowest BCUT2D eigenvalue weighted by Gasteiger charge is -2.46. The van der Waals surface area contributed by atoms with Gasteiger partial charge in [-0.15, -0.1) is 0 Å². The van der Waals surface area contributed by atoms with Gasteiger partial charge in [-0.2, -0.15) is 0 Å². The van der Waals surface area contributed by atoms with Crippen LogP contribution in [0.4, 0.5) is 5.69 Å². The van der Waals surface area contributed by atoms with Crippen LogP contribution >= 0.6 is 0 Å². The number of para-hydroxylation sites is 1. The molecule has 1 unspecified atom stereocenters. The molecule has 0 radical (unpaired) electrons. The summed E-state index contributed by atoms with van der Waals surface area (Å²) in [5.41, 5.74) is 2.53. The third-order valence-electron chi connectivity index (χ3n) is 5.56. The maximum Gasteiger partial charge on any atom is 0.109 e. The molecule has 0 saturated carbocycles. The topological polar surface area (TPSA) is 6.48 Å². The van der Waals surface area contributed by atoms with Gasteiger partial charge in [0.25, 0.3) is 0 Å². The summed E-state index contributed by atoms with van der Waals surface area (Å²) in [5, 5.41) is 6.30.